The lowest BCUT2D eigenvalue weighted by Crippen LogP contribution is -2.17. The Morgan fingerprint density at radius 3 is 1.19 bits per heavy atom. The van der Waals surface area contributed by atoms with Gasteiger partial charge in [-0.15, -0.1) is 65.0 Å². The number of rotatable bonds is 13. The van der Waals surface area contributed by atoms with E-state index in [4.69, 9.17) is 5.11 Å². The van der Waals surface area contributed by atoms with Crippen molar-refractivity contribution in [1.29, 1.82) is 0 Å². The summed E-state index contributed by atoms with van der Waals surface area (Å²) in [6.07, 6.45) is 28.0. The van der Waals surface area contributed by atoms with Gasteiger partial charge in [0.15, 0.2) is 0 Å². The van der Waals surface area contributed by atoms with Gasteiger partial charge in [-0.05, 0) is 59.4 Å². The van der Waals surface area contributed by atoms with E-state index in [2.05, 4.69) is 94.7 Å². The van der Waals surface area contributed by atoms with Gasteiger partial charge in [-0.1, -0.05) is 93.8 Å². The summed E-state index contributed by atoms with van der Waals surface area (Å²) in [5.41, 5.74) is 0. The number of likely N-dealkylation sites (N-methyl/N-ethyl adjacent to an activating group) is 1. The quantitative estimate of drug-likeness (QED) is 0.101. The Labute approximate surface area is 265 Å². The minimum absolute atomic E-state index is 0.352. The third kappa shape index (κ3) is 151. The Morgan fingerprint density at radius 2 is 1.10 bits per heavy atom. The number of ether oxygens (including phenoxy) is 1. The smallest absolute Gasteiger partial charge is 0.0766 e. The fourth-order valence-electron chi connectivity index (χ4n) is 1.41. The molecule has 0 rings (SSSR count). The zero-order valence-corrected chi connectivity index (χ0v) is 28.9. The highest BCUT2D eigenvalue weighted by molar-refractivity contribution is 4.94. The summed E-state index contributed by atoms with van der Waals surface area (Å²) in [5.74, 6) is 3.44. The first kappa shape index (κ1) is 58.1. The van der Waals surface area contributed by atoms with E-state index >= 15 is 0 Å². The number of aliphatic hydroxyl groups excluding tert-OH is 1. The van der Waals surface area contributed by atoms with Crippen molar-refractivity contribution in [3.8, 4) is 12.3 Å². The normalized spacial score (nSPS) is 8.45. The topological polar surface area (TPSA) is 32.7 Å². The maximum absolute atomic E-state index is 8.24. The summed E-state index contributed by atoms with van der Waals surface area (Å²) in [6, 6.07) is 0. The van der Waals surface area contributed by atoms with E-state index in [1.165, 1.54) is 12.3 Å². The van der Waals surface area contributed by atoms with Crippen LogP contribution in [0.2, 0.25) is 0 Å². The van der Waals surface area contributed by atoms with Gasteiger partial charge in [-0.25, -0.2) is 0 Å². The predicted octanol–water partition coefficient (Wildman–Crippen LogP) is 11.0. The molecule has 0 aromatic rings. The van der Waals surface area contributed by atoms with Gasteiger partial charge in [-0.3, -0.25) is 4.90 Å². The lowest BCUT2D eigenvalue weighted by molar-refractivity contribution is 0.244. The van der Waals surface area contributed by atoms with Crippen LogP contribution < -0.4 is 0 Å². The standard InChI is InChI=1S/C8H14.C7H13N.C6H10.C5H8.C4H8O.C3H6O.C3H6.C3H4/c2*1-4-6-8(3)7-5-2;1-4-6(3)5-2;1-3-5-4-2;1-3-4(2)5;1-3-4-2;2*1-3-2/h4-5,8H,1-2,6-7H2,3H3;4-5H,1-2,6-7H2,3H3;4-6H,1-2H2,3H3;2*3-5H,1H2,2H3;3H,1H2,2H3;3H,1H2,2H3;1H,2H3. The maximum atomic E-state index is 8.24. The van der Waals surface area contributed by atoms with Gasteiger partial charge in [0.1, 0.15) is 0 Å². The summed E-state index contributed by atoms with van der Waals surface area (Å²) in [5, 5.41) is 8.24. The summed E-state index contributed by atoms with van der Waals surface area (Å²) < 4.78 is 4.31. The van der Waals surface area contributed by atoms with Crippen LogP contribution in [0, 0.1) is 24.2 Å². The van der Waals surface area contributed by atoms with Gasteiger partial charge >= 0.3 is 0 Å². The molecule has 3 heteroatoms. The molecule has 0 radical (unpaired) electrons. The first-order valence-corrected chi connectivity index (χ1v) is 13.9. The minimum atomic E-state index is -0.352. The van der Waals surface area contributed by atoms with Gasteiger partial charge in [-0.2, -0.15) is 0 Å². The van der Waals surface area contributed by atoms with E-state index in [1.807, 2.05) is 76.4 Å². The first-order valence-electron chi connectivity index (χ1n) is 13.9. The molecule has 0 saturated heterocycles. The molecular weight excluding hydrogens is 514 g/mol. The molecule has 3 nitrogen and oxygen atoms in total. The van der Waals surface area contributed by atoms with Crippen LogP contribution in [0.25, 0.3) is 0 Å². The number of methoxy groups -OCH3 is 1. The van der Waals surface area contributed by atoms with Gasteiger partial charge in [0, 0.05) is 13.1 Å². The van der Waals surface area contributed by atoms with Crippen molar-refractivity contribution < 1.29 is 9.84 Å². The summed E-state index contributed by atoms with van der Waals surface area (Å²) >= 11 is 0. The highest BCUT2D eigenvalue weighted by atomic mass is 16.5. The van der Waals surface area contributed by atoms with Crippen LogP contribution in [0.1, 0.15) is 54.4 Å². The molecule has 0 aromatic carbocycles. The summed E-state index contributed by atoms with van der Waals surface area (Å²) in [7, 11) is 3.59. The average molecular weight is 584 g/mol. The fraction of sp³-hybridized carbons (Fsp3) is 0.385. The molecule has 1 atom stereocenters. The van der Waals surface area contributed by atoms with Crippen LogP contribution in [-0.2, 0) is 4.74 Å². The molecule has 0 aromatic heterocycles. The number of hydrogen-bond donors (Lipinski definition) is 1. The number of allylic oxidation sites excluding steroid dienone is 8. The van der Waals surface area contributed by atoms with Crippen LogP contribution in [0.3, 0.4) is 0 Å². The van der Waals surface area contributed by atoms with Crippen molar-refractivity contribution in [2.45, 2.75) is 60.5 Å². The lowest BCUT2D eigenvalue weighted by atomic mass is 10.0. The molecule has 0 aliphatic carbocycles. The van der Waals surface area contributed by atoms with Crippen molar-refractivity contribution in [2.24, 2.45) is 11.8 Å². The van der Waals surface area contributed by atoms with Gasteiger partial charge in [0.2, 0.25) is 0 Å². The molecule has 0 spiro atoms. The predicted molar refractivity (Wildman–Crippen MR) is 201 cm³/mol. The molecular formula is C39H69NO2. The van der Waals surface area contributed by atoms with Crippen molar-refractivity contribution >= 4 is 0 Å². The van der Waals surface area contributed by atoms with Crippen LogP contribution in [0.15, 0.2) is 139 Å². The van der Waals surface area contributed by atoms with Crippen LogP contribution in [0.4, 0.5) is 0 Å². The van der Waals surface area contributed by atoms with E-state index < -0.39 is 0 Å². The molecule has 1 unspecified atom stereocenters. The van der Waals surface area contributed by atoms with E-state index in [0.29, 0.717) is 5.92 Å². The molecule has 0 bridgehead atoms. The SMILES string of the molecule is C#CC.C=CC.C=CC(C)C=C.C=CC(C)O.C=CC=CC.C=CCC(C)CC=C.C=CCN(C)CC=C.C=COC. The lowest BCUT2D eigenvalue weighted by Gasteiger charge is -2.09. The molecule has 0 heterocycles. The molecule has 242 valence electrons. The zero-order valence-electron chi connectivity index (χ0n) is 28.9. The zero-order chi connectivity index (χ0) is 35.0. The minimum Gasteiger partial charge on any atom is -0.505 e. The molecule has 0 aliphatic heterocycles. The van der Waals surface area contributed by atoms with Crippen molar-refractivity contribution in [3.63, 3.8) is 0 Å². The first-order chi connectivity index (χ1) is 19.9. The van der Waals surface area contributed by atoms with E-state index in [9.17, 15) is 0 Å². The second-order valence-corrected chi connectivity index (χ2v) is 8.12. The average Bonchev–Trinajstić information content (AvgIpc) is 2.96. The molecule has 0 amide bonds. The Balaban J connectivity index is -0.0000000537. The molecule has 0 aliphatic rings. The van der Waals surface area contributed by atoms with E-state index in [1.54, 1.807) is 33.1 Å². The highest BCUT2D eigenvalue weighted by Gasteiger charge is 1.92. The number of hydrogen-bond acceptors (Lipinski definition) is 3. The van der Waals surface area contributed by atoms with Gasteiger partial charge < -0.3 is 9.84 Å². The molecule has 1 N–H and O–H groups in total. The van der Waals surface area contributed by atoms with Crippen molar-refractivity contribution in [1.82, 2.24) is 4.90 Å². The third-order valence-corrected chi connectivity index (χ3v) is 3.60. The summed E-state index contributed by atoms with van der Waals surface area (Å²) in [4.78, 5) is 2.12. The van der Waals surface area contributed by atoms with Crippen LogP contribution in [-0.4, -0.2) is 43.4 Å². The van der Waals surface area contributed by atoms with E-state index in [0.717, 1.165) is 31.8 Å². The Bertz CT molecular complexity index is 612. The highest BCUT2D eigenvalue weighted by Crippen LogP contribution is 2.06. The second-order valence-electron chi connectivity index (χ2n) is 8.12. The van der Waals surface area contributed by atoms with Crippen molar-refractivity contribution in [3.05, 3.63) is 139 Å². The number of terminal acetylenes is 1. The van der Waals surface area contributed by atoms with Gasteiger partial charge in [0.05, 0.1) is 19.5 Å². The monoisotopic (exact) mass is 584 g/mol. The Morgan fingerprint density at radius 1 is 0.786 bits per heavy atom. The number of aliphatic hydroxyl groups is 1. The maximum Gasteiger partial charge on any atom is 0.0766 e. The Hall–Kier alpha value is -3.58. The van der Waals surface area contributed by atoms with Crippen LogP contribution in [0.5, 0.6) is 0 Å². The third-order valence-electron chi connectivity index (χ3n) is 3.60. The van der Waals surface area contributed by atoms with Crippen LogP contribution >= 0.6 is 0 Å². The largest absolute Gasteiger partial charge is 0.505 e. The second kappa shape index (κ2) is 71.1. The summed E-state index contributed by atoms with van der Waals surface area (Å²) in [6.45, 7) is 48.3. The molecule has 0 fully saturated rings. The molecule has 42 heavy (non-hydrogen) atoms. The Kier molecular flexibility index (Phi) is 98.4. The fourth-order valence-corrected chi connectivity index (χ4v) is 1.41. The van der Waals surface area contributed by atoms with E-state index in [-0.39, 0.29) is 6.10 Å². The molecule has 0 saturated carbocycles. The van der Waals surface area contributed by atoms with Crippen molar-refractivity contribution in [2.75, 3.05) is 27.2 Å². The van der Waals surface area contributed by atoms with Gasteiger partial charge in [0.25, 0.3) is 0 Å². The number of nitrogens with zero attached hydrogens (tertiary/aromatic N) is 1.